The van der Waals surface area contributed by atoms with Gasteiger partial charge < -0.3 is 14.9 Å². The van der Waals surface area contributed by atoms with Gasteiger partial charge in [-0.15, -0.1) is 11.6 Å². The van der Waals surface area contributed by atoms with E-state index in [1.165, 1.54) is 4.90 Å². The Bertz CT molecular complexity index is 885. The van der Waals surface area contributed by atoms with Gasteiger partial charge in [-0.3, -0.25) is 0 Å². The molecule has 6 nitrogen and oxygen atoms in total. The monoisotopic (exact) mass is 464 g/mol. The van der Waals surface area contributed by atoms with E-state index in [1.54, 1.807) is 6.07 Å². The largest absolute Gasteiger partial charge is 0.465 e. The zero-order valence-electron chi connectivity index (χ0n) is 14.0. The molecule has 1 aliphatic rings. The number of piperazine rings is 1. The highest BCUT2D eigenvalue weighted by Gasteiger charge is 2.34. The standard InChI is InChI=1S/C16H16BrCl2FN4O2/c1-7-6-24(16(25)26)8(2)5-23(7)15-9-3-10(19)12(17)13(20)14(9)21-11(4-18)22-15/h3,7-8H,4-6H2,1-2H3,(H,25,26)/t7-,8+/m0/s1. The van der Waals surface area contributed by atoms with Gasteiger partial charge in [0, 0.05) is 30.6 Å². The number of anilines is 1. The molecule has 0 saturated carbocycles. The molecule has 1 N–H and O–H groups in total. The Morgan fingerprint density at radius 2 is 2.08 bits per heavy atom. The van der Waals surface area contributed by atoms with Crippen molar-refractivity contribution in [3.05, 3.63) is 27.2 Å². The van der Waals surface area contributed by atoms with Crippen molar-refractivity contribution in [1.82, 2.24) is 14.9 Å². The second-order valence-corrected chi connectivity index (χ2v) is 7.73. The van der Waals surface area contributed by atoms with Crippen molar-refractivity contribution in [3.8, 4) is 0 Å². The fraction of sp³-hybridized carbons (Fsp3) is 0.438. The fourth-order valence-corrected chi connectivity index (χ4v) is 3.78. The molecule has 2 aromatic rings. The van der Waals surface area contributed by atoms with Crippen LogP contribution in [0.5, 0.6) is 0 Å². The molecule has 0 bridgehead atoms. The fourth-order valence-electron chi connectivity index (χ4n) is 3.17. The first-order chi connectivity index (χ1) is 12.2. The Morgan fingerprint density at radius 1 is 1.38 bits per heavy atom. The van der Waals surface area contributed by atoms with Crippen LogP contribution in [0.4, 0.5) is 15.0 Å². The number of aromatic nitrogens is 2. The van der Waals surface area contributed by atoms with Gasteiger partial charge in [0.2, 0.25) is 0 Å². The minimum absolute atomic E-state index is 0.0294. The number of alkyl halides is 1. The first kappa shape index (κ1) is 19.4. The summed E-state index contributed by atoms with van der Waals surface area (Å²) in [5.74, 6) is 0.250. The van der Waals surface area contributed by atoms with Crippen LogP contribution in [0.3, 0.4) is 0 Å². The van der Waals surface area contributed by atoms with Crippen molar-refractivity contribution in [2.75, 3.05) is 18.0 Å². The summed E-state index contributed by atoms with van der Waals surface area (Å²) in [4.78, 5) is 23.4. The maximum absolute atomic E-state index is 14.7. The van der Waals surface area contributed by atoms with E-state index in [0.29, 0.717) is 30.1 Å². The van der Waals surface area contributed by atoms with E-state index < -0.39 is 11.9 Å². The molecule has 1 aromatic carbocycles. The number of hydrogen-bond donors (Lipinski definition) is 1. The molecule has 0 unspecified atom stereocenters. The van der Waals surface area contributed by atoms with E-state index in [9.17, 15) is 14.3 Å². The Kier molecular flexibility index (Phi) is 5.46. The van der Waals surface area contributed by atoms with E-state index >= 15 is 0 Å². The number of nitrogens with zero attached hydrogens (tertiary/aromatic N) is 4. The number of fused-ring (bicyclic) bond motifs is 1. The smallest absolute Gasteiger partial charge is 0.407 e. The zero-order chi connectivity index (χ0) is 19.2. The summed E-state index contributed by atoms with van der Waals surface area (Å²) in [6, 6.07) is 1.20. The Labute approximate surface area is 168 Å². The molecule has 2 heterocycles. The van der Waals surface area contributed by atoms with Crippen LogP contribution < -0.4 is 4.90 Å². The second-order valence-electron chi connectivity index (χ2n) is 6.26. The Hall–Kier alpha value is -1.38. The average molecular weight is 466 g/mol. The van der Waals surface area contributed by atoms with Crippen molar-refractivity contribution in [1.29, 1.82) is 0 Å². The van der Waals surface area contributed by atoms with Gasteiger partial charge in [-0.25, -0.2) is 19.2 Å². The molecule has 3 rings (SSSR count). The van der Waals surface area contributed by atoms with Gasteiger partial charge in [0.15, 0.2) is 5.82 Å². The van der Waals surface area contributed by atoms with Gasteiger partial charge in [0.1, 0.15) is 17.2 Å². The van der Waals surface area contributed by atoms with Crippen LogP contribution in [-0.2, 0) is 5.88 Å². The summed E-state index contributed by atoms with van der Waals surface area (Å²) in [6.45, 7) is 4.44. The van der Waals surface area contributed by atoms with Gasteiger partial charge in [0.25, 0.3) is 0 Å². The minimum Gasteiger partial charge on any atom is -0.465 e. The first-order valence-electron chi connectivity index (χ1n) is 7.90. The van der Waals surface area contributed by atoms with E-state index in [1.807, 2.05) is 18.7 Å². The van der Waals surface area contributed by atoms with Crippen molar-refractivity contribution < 1.29 is 14.3 Å². The molecule has 2 atom stereocenters. The molecule has 1 saturated heterocycles. The second kappa shape index (κ2) is 7.32. The molecule has 1 fully saturated rings. The van der Waals surface area contributed by atoms with Gasteiger partial charge in [-0.1, -0.05) is 11.6 Å². The molecule has 1 amide bonds. The molecular weight excluding hydrogens is 450 g/mol. The summed E-state index contributed by atoms with van der Waals surface area (Å²) in [5.41, 5.74) is 0.127. The van der Waals surface area contributed by atoms with Crippen molar-refractivity contribution in [2.24, 2.45) is 0 Å². The van der Waals surface area contributed by atoms with E-state index in [-0.39, 0.29) is 33.0 Å². The maximum atomic E-state index is 14.7. The van der Waals surface area contributed by atoms with Gasteiger partial charge >= 0.3 is 6.09 Å². The lowest BCUT2D eigenvalue weighted by atomic mass is 10.1. The van der Waals surface area contributed by atoms with Gasteiger partial charge in [-0.05, 0) is 35.8 Å². The molecule has 0 radical (unpaired) electrons. The number of benzene rings is 1. The van der Waals surface area contributed by atoms with Crippen LogP contribution in [0.25, 0.3) is 10.9 Å². The van der Waals surface area contributed by atoms with Gasteiger partial charge in [-0.2, -0.15) is 0 Å². The van der Waals surface area contributed by atoms with Crippen LogP contribution in [-0.4, -0.2) is 51.2 Å². The number of amides is 1. The predicted octanol–water partition coefficient (Wildman–Crippen LogP) is 4.50. The minimum atomic E-state index is -0.962. The lowest BCUT2D eigenvalue weighted by molar-refractivity contribution is 0.114. The molecular formula is C16H16BrCl2FN4O2. The normalized spacial score (nSPS) is 20.7. The topological polar surface area (TPSA) is 69.6 Å². The predicted molar refractivity (Wildman–Crippen MR) is 103 cm³/mol. The summed E-state index contributed by atoms with van der Waals surface area (Å²) < 4.78 is 14.8. The molecule has 0 aliphatic carbocycles. The molecule has 10 heteroatoms. The summed E-state index contributed by atoms with van der Waals surface area (Å²) >= 11 is 15.2. The number of hydrogen-bond acceptors (Lipinski definition) is 4. The van der Waals surface area contributed by atoms with E-state index in [4.69, 9.17) is 23.2 Å². The highest BCUT2D eigenvalue weighted by molar-refractivity contribution is 9.10. The third-order valence-electron chi connectivity index (χ3n) is 4.48. The zero-order valence-corrected chi connectivity index (χ0v) is 17.1. The third-order valence-corrected chi connectivity index (χ3v) is 6.02. The molecule has 140 valence electrons. The quantitative estimate of drug-likeness (QED) is 0.522. The highest BCUT2D eigenvalue weighted by atomic mass is 79.9. The van der Waals surface area contributed by atoms with Crippen LogP contribution in [0, 0.1) is 5.82 Å². The van der Waals surface area contributed by atoms with Crippen LogP contribution in [0.1, 0.15) is 19.7 Å². The Balaban J connectivity index is 2.16. The summed E-state index contributed by atoms with van der Waals surface area (Å²) in [6.07, 6.45) is -0.962. The van der Waals surface area contributed by atoms with Gasteiger partial charge in [0.05, 0.1) is 15.4 Å². The molecule has 0 spiro atoms. The number of carbonyl (C=O) groups is 1. The lowest BCUT2D eigenvalue weighted by Gasteiger charge is -2.43. The molecule has 1 aromatic heterocycles. The lowest BCUT2D eigenvalue weighted by Crippen LogP contribution is -2.58. The SMILES string of the molecule is C[C@@H]1CN(c2nc(CCl)nc3c(F)c(Br)c(Cl)cc23)[C@@H](C)CN1C(=O)O. The van der Waals surface area contributed by atoms with Crippen LogP contribution in [0.15, 0.2) is 10.5 Å². The number of carboxylic acid groups (broad SMARTS) is 1. The van der Waals surface area contributed by atoms with Crippen molar-refractivity contribution >= 4 is 61.9 Å². The summed E-state index contributed by atoms with van der Waals surface area (Å²) in [7, 11) is 0. The third kappa shape index (κ3) is 3.30. The Morgan fingerprint density at radius 3 is 2.69 bits per heavy atom. The maximum Gasteiger partial charge on any atom is 0.407 e. The number of rotatable bonds is 2. The summed E-state index contributed by atoms with van der Waals surface area (Å²) in [5, 5.41) is 10.0. The number of halogens is 4. The van der Waals surface area contributed by atoms with Crippen LogP contribution >= 0.6 is 39.1 Å². The first-order valence-corrected chi connectivity index (χ1v) is 9.61. The highest BCUT2D eigenvalue weighted by Crippen LogP contribution is 2.36. The van der Waals surface area contributed by atoms with Crippen molar-refractivity contribution in [3.63, 3.8) is 0 Å². The van der Waals surface area contributed by atoms with Crippen molar-refractivity contribution in [2.45, 2.75) is 31.8 Å². The average Bonchev–Trinajstić information content (AvgIpc) is 2.60. The van der Waals surface area contributed by atoms with E-state index in [2.05, 4.69) is 25.9 Å². The van der Waals surface area contributed by atoms with Crippen LogP contribution in [0.2, 0.25) is 5.02 Å². The molecule has 1 aliphatic heterocycles. The molecule has 26 heavy (non-hydrogen) atoms. The van der Waals surface area contributed by atoms with E-state index in [0.717, 1.165) is 0 Å².